The normalized spacial score (nSPS) is 10.4. The van der Waals surface area contributed by atoms with E-state index in [4.69, 9.17) is 0 Å². The summed E-state index contributed by atoms with van der Waals surface area (Å²) < 4.78 is 0. The molecule has 1 rings (SSSR count). The maximum atomic E-state index is 11.5. The second-order valence-electron chi connectivity index (χ2n) is 5.42. The summed E-state index contributed by atoms with van der Waals surface area (Å²) in [6, 6.07) is 9.46. The number of Topliss-reactive ketones (excluding diaryl/α,β-unsaturated/α-hetero) is 1. The van der Waals surface area contributed by atoms with E-state index in [2.05, 4.69) is 50.5 Å². The molecular weight excluding hydrogens is 256 g/mol. The van der Waals surface area contributed by atoms with Gasteiger partial charge in [0.1, 0.15) is 0 Å². The molecule has 0 aromatic heterocycles. The molecule has 1 atom stereocenters. The predicted molar refractivity (Wildman–Crippen MR) is 88.5 cm³/mol. The molecule has 0 amide bonds. The predicted octanol–water partition coefficient (Wildman–Crippen LogP) is 4.38. The molecule has 0 fully saturated rings. The summed E-state index contributed by atoms with van der Waals surface area (Å²) in [4.78, 5) is 11.5. The van der Waals surface area contributed by atoms with Crippen LogP contribution in [0.2, 0.25) is 0 Å². The van der Waals surface area contributed by atoms with E-state index in [9.17, 15) is 4.79 Å². The van der Waals surface area contributed by atoms with Crippen molar-refractivity contribution in [2.75, 3.05) is 0 Å². The summed E-state index contributed by atoms with van der Waals surface area (Å²) in [6.07, 6.45) is 5.16. The number of benzene rings is 1. The van der Waals surface area contributed by atoms with E-state index < -0.39 is 0 Å². The lowest BCUT2D eigenvalue weighted by Gasteiger charge is -2.04. The van der Waals surface area contributed by atoms with Gasteiger partial charge in [0, 0.05) is 12.0 Å². The lowest BCUT2D eigenvalue weighted by atomic mass is 10.0. The zero-order valence-electron chi connectivity index (χ0n) is 13.1. The number of rotatable bonds is 4. The molecule has 108 valence electrons. The summed E-state index contributed by atoms with van der Waals surface area (Å²) in [7, 11) is 0. The molecule has 0 N–H and O–H groups in total. The van der Waals surface area contributed by atoms with Crippen LogP contribution in [0.4, 0.5) is 0 Å². The van der Waals surface area contributed by atoms with Crippen LogP contribution in [0, 0.1) is 29.6 Å². The molecule has 0 aliphatic heterocycles. The van der Waals surface area contributed by atoms with Crippen molar-refractivity contribution < 1.29 is 4.79 Å². The number of carbonyl (C=O) groups excluding carboxylic acids is 1. The van der Waals surface area contributed by atoms with E-state index >= 15 is 0 Å². The summed E-state index contributed by atoms with van der Waals surface area (Å²) in [5, 5.41) is 0. The van der Waals surface area contributed by atoms with Crippen LogP contribution in [0.5, 0.6) is 0 Å². The van der Waals surface area contributed by atoms with E-state index in [1.807, 2.05) is 30.3 Å². The van der Waals surface area contributed by atoms with Crippen LogP contribution < -0.4 is 0 Å². The third-order valence-electron chi connectivity index (χ3n) is 2.96. The maximum Gasteiger partial charge on any atom is 0.279 e. The SMILES string of the molecule is CC(C)=CCC[C@H](C)CC#CC(=O)C#Cc1ccccc1. The van der Waals surface area contributed by atoms with Gasteiger partial charge in [0.2, 0.25) is 0 Å². The van der Waals surface area contributed by atoms with E-state index in [1.54, 1.807) is 0 Å². The molecule has 0 unspecified atom stereocenters. The molecule has 0 saturated carbocycles. The van der Waals surface area contributed by atoms with E-state index in [1.165, 1.54) is 5.57 Å². The van der Waals surface area contributed by atoms with Crippen LogP contribution in [-0.2, 0) is 4.79 Å². The molecule has 21 heavy (non-hydrogen) atoms. The van der Waals surface area contributed by atoms with Crippen molar-refractivity contribution in [2.24, 2.45) is 5.92 Å². The molecule has 0 aliphatic carbocycles. The van der Waals surface area contributed by atoms with Crippen molar-refractivity contribution in [3.63, 3.8) is 0 Å². The molecule has 0 spiro atoms. The van der Waals surface area contributed by atoms with Crippen LogP contribution in [0.15, 0.2) is 42.0 Å². The average molecular weight is 278 g/mol. The Morgan fingerprint density at radius 2 is 1.90 bits per heavy atom. The summed E-state index contributed by atoms with van der Waals surface area (Å²) in [5.74, 6) is 11.1. The maximum absolute atomic E-state index is 11.5. The first-order valence-electron chi connectivity index (χ1n) is 7.31. The Morgan fingerprint density at radius 3 is 2.57 bits per heavy atom. The van der Waals surface area contributed by atoms with Crippen LogP contribution >= 0.6 is 0 Å². The van der Waals surface area contributed by atoms with Crippen LogP contribution in [0.25, 0.3) is 0 Å². The highest BCUT2D eigenvalue weighted by atomic mass is 16.1. The van der Waals surface area contributed by atoms with Crippen molar-refractivity contribution in [3.8, 4) is 23.7 Å². The molecule has 0 saturated heterocycles. The molecular formula is C20H22O. The van der Waals surface area contributed by atoms with Gasteiger partial charge in [-0.2, -0.15) is 0 Å². The van der Waals surface area contributed by atoms with Gasteiger partial charge in [-0.15, -0.1) is 0 Å². The fraction of sp³-hybridized carbons (Fsp3) is 0.350. The fourth-order valence-electron chi connectivity index (χ4n) is 1.75. The highest BCUT2D eigenvalue weighted by Gasteiger charge is 1.98. The van der Waals surface area contributed by atoms with Gasteiger partial charge in [-0.1, -0.05) is 48.6 Å². The molecule has 1 heteroatoms. The second-order valence-corrected chi connectivity index (χ2v) is 5.42. The average Bonchev–Trinajstić information content (AvgIpc) is 2.46. The van der Waals surface area contributed by atoms with Crippen LogP contribution in [-0.4, -0.2) is 5.78 Å². The molecule has 0 heterocycles. The Labute approximate surface area is 128 Å². The lowest BCUT2D eigenvalue weighted by molar-refractivity contribution is -0.108. The molecule has 0 bridgehead atoms. The van der Waals surface area contributed by atoms with Gasteiger partial charge < -0.3 is 0 Å². The zero-order chi connectivity index (χ0) is 15.5. The Bertz CT molecular complexity index is 596. The van der Waals surface area contributed by atoms with Gasteiger partial charge >= 0.3 is 0 Å². The standard InChI is InChI=1S/C20H22O/c1-17(2)9-7-10-18(3)11-8-14-20(21)16-15-19-12-5-4-6-13-19/h4-6,9,12-13,18H,7,10-11H2,1-3H3/t18-/m0/s1. The molecule has 1 nitrogen and oxygen atoms in total. The third kappa shape index (κ3) is 8.51. The number of ketones is 1. The minimum atomic E-state index is -0.310. The van der Waals surface area contributed by atoms with E-state index in [-0.39, 0.29) is 5.78 Å². The number of carbonyl (C=O) groups is 1. The largest absolute Gasteiger partial charge is 0.279 e. The van der Waals surface area contributed by atoms with Crippen molar-refractivity contribution in [1.82, 2.24) is 0 Å². The minimum Gasteiger partial charge on any atom is -0.270 e. The van der Waals surface area contributed by atoms with Crippen molar-refractivity contribution in [1.29, 1.82) is 0 Å². The van der Waals surface area contributed by atoms with Crippen LogP contribution in [0.1, 0.15) is 45.6 Å². The van der Waals surface area contributed by atoms with Crippen molar-refractivity contribution >= 4 is 5.78 Å². The van der Waals surface area contributed by atoms with E-state index in [0.29, 0.717) is 5.92 Å². The Balaban J connectivity index is 2.39. The van der Waals surface area contributed by atoms with E-state index in [0.717, 1.165) is 24.8 Å². The second kappa shape index (κ2) is 9.62. The fourth-order valence-corrected chi connectivity index (χ4v) is 1.75. The van der Waals surface area contributed by atoms with Gasteiger partial charge in [-0.25, -0.2) is 0 Å². The zero-order valence-corrected chi connectivity index (χ0v) is 13.1. The molecule has 0 radical (unpaired) electrons. The van der Waals surface area contributed by atoms with Crippen LogP contribution in [0.3, 0.4) is 0 Å². The Hall–Kier alpha value is -2.25. The smallest absolute Gasteiger partial charge is 0.270 e. The highest BCUT2D eigenvalue weighted by Crippen LogP contribution is 2.10. The van der Waals surface area contributed by atoms with Gasteiger partial charge in [-0.05, 0) is 56.6 Å². The molecule has 0 aliphatic rings. The van der Waals surface area contributed by atoms with Gasteiger partial charge in [0.15, 0.2) is 0 Å². The first kappa shape index (κ1) is 16.8. The minimum absolute atomic E-state index is 0.310. The summed E-state index contributed by atoms with van der Waals surface area (Å²) in [6.45, 7) is 6.37. The van der Waals surface area contributed by atoms with Crippen molar-refractivity contribution in [3.05, 3.63) is 47.5 Å². The Kier molecular flexibility index (Phi) is 7.70. The Morgan fingerprint density at radius 1 is 1.19 bits per heavy atom. The number of hydrogen-bond donors (Lipinski definition) is 0. The molecule has 1 aromatic rings. The topological polar surface area (TPSA) is 17.1 Å². The summed E-state index contributed by atoms with van der Waals surface area (Å²) >= 11 is 0. The summed E-state index contributed by atoms with van der Waals surface area (Å²) in [5.41, 5.74) is 2.18. The van der Waals surface area contributed by atoms with Gasteiger partial charge in [0.05, 0.1) is 0 Å². The van der Waals surface area contributed by atoms with Gasteiger partial charge in [0.25, 0.3) is 5.78 Å². The highest BCUT2D eigenvalue weighted by molar-refractivity contribution is 6.09. The quantitative estimate of drug-likeness (QED) is 0.454. The number of allylic oxidation sites excluding steroid dienone is 2. The third-order valence-corrected chi connectivity index (χ3v) is 2.96. The number of hydrogen-bond acceptors (Lipinski definition) is 1. The molecule has 1 aromatic carbocycles. The first-order valence-corrected chi connectivity index (χ1v) is 7.31. The first-order chi connectivity index (χ1) is 10.1. The van der Waals surface area contributed by atoms with Crippen molar-refractivity contribution in [2.45, 2.75) is 40.0 Å². The van der Waals surface area contributed by atoms with Gasteiger partial charge in [-0.3, -0.25) is 4.79 Å². The monoisotopic (exact) mass is 278 g/mol. The lowest BCUT2D eigenvalue weighted by Crippen LogP contribution is -1.93.